The lowest BCUT2D eigenvalue weighted by Crippen LogP contribution is -2.45. The summed E-state index contributed by atoms with van der Waals surface area (Å²) >= 11 is 0. The van der Waals surface area contributed by atoms with Gasteiger partial charge in [0.05, 0.1) is 18.2 Å². The van der Waals surface area contributed by atoms with Crippen LogP contribution in [0.25, 0.3) is 0 Å². The molecule has 0 bridgehead atoms. The van der Waals surface area contributed by atoms with Crippen LogP contribution in [0.2, 0.25) is 0 Å². The minimum atomic E-state index is -0.227. The van der Waals surface area contributed by atoms with Crippen molar-refractivity contribution in [3.05, 3.63) is 17.0 Å². The third-order valence-electron chi connectivity index (χ3n) is 6.36. The van der Waals surface area contributed by atoms with E-state index in [1.165, 1.54) is 30.5 Å². The molecule has 2 fully saturated rings. The molecule has 1 aromatic rings. The van der Waals surface area contributed by atoms with E-state index in [2.05, 4.69) is 15.1 Å². The number of carbonyl (C=O) groups excluding carboxylic acids is 1. The second-order valence-corrected chi connectivity index (χ2v) is 7.82. The number of aromatic nitrogens is 2. The van der Waals surface area contributed by atoms with Crippen LogP contribution in [0.15, 0.2) is 0 Å². The molecule has 1 amide bonds. The number of carbonyl (C=O) groups is 1. The van der Waals surface area contributed by atoms with Crippen molar-refractivity contribution in [1.82, 2.24) is 15.1 Å². The molecule has 2 N–H and O–H groups in total. The number of nitrogens with zero attached hydrogens (tertiary/aromatic N) is 2. The summed E-state index contributed by atoms with van der Waals surface area (Å²) in [6.07, 6.45) is 11.1. The number of aliphatic hydroxyl groups is 1. The molecule has 2 heterocycles. The zero-order chi connectivity index (χ0) is 16.5. The number of nitrogens with one attached hydrogen (secondary N) is 1. The Labute approximate surface area is 143 Å². The first kappa shape index (κ1) is 16.1. The van der Waals surface area contributed by atoms with E-state index in [0.29, 0.717) is 6.42 Å². The average Bonchev–Trinajstić information content (AvgIpc) is 3.23. The van der Waals surface area contributed by atoms with Gasteiger partial charge >= 0.3 is 0 Å². The topological polar surface area (TPSA) is 69.2 Å². The maximum Gasteiger partial charge on any atom is 0.228 e. The van der Waals surface area contributed by atoms with Crippen molar-refractivity contribution in [2.75, 3.05) is 6.54 Å². The summed E-state index contributed by atoms with van der Waals surface area (Å²) < 4.78 is 0. The molecule has 0 aromatic carbocycles. The Hall–Kier alpha value is -1.36. The number of aromatic amines is 1. The summed E-state index contributed by atoms with van der Waals surface area (Å²) in [6, 6.07) is 0.238. The fourth-order valence-electron chi connectivity index (χ4n) is 5.08. The first-order valence-corrected chi connectivity index (χ1v) is 9.76. The Morgan fingerprint density at radius 3 is 2.83 bits per heavy atom. The number of aryl methyl sites for hydroxylation is 1. The van der Waals surface area contributed by atoms with E-state index >= 15 is 0 Å². The predicted octanol–water partition coefficient (Wildman–Crippen LogP) is 2.37. The van der Waals surface area contributed by atoms with Gasteiger partial charge in [0.25, 0.3) is 0 Å². The lowest BCUT2D eigenvalue weighted by atomic mass is 9.80. The smallest absolute Gasteiger partial charge is 0.228 e. The molecule has 1 saturated carbocycles. The van der Waals surface area contributed by atoms with Gasteiger partial charge in [-0.25, -0.2) is 0 Å². The molecule has 3 atom stereocenters. The first-order chi connectivity index (χ1) is 11.7. The van der Waals surface area contributed by atoms with Crippen molar-refractivity contribution >= 4 is 5.91 Å². The van der Waals surface area contributed by atoms with Crippen LogP contribution in [0.3, 0.4) is 0 Å². The van der Waals surface area contributed by atoms with Crippen LogP contribution in [-0.4, -0.2) is 44.8 Å². The number of amides is 1. The first-order valence-electron chi connectivity index (χ1n) is 9.76. The minimum absolute atomic E-state index is 0.204. The summed E-state index contributed by atoms with van der Waals surface area (Å²) in [5.41, 5.74) is 3.50. The number of likely N-dealkylation sites (tertiary alicyclic amines) is 1. The molecule has 3 unspecified atom stereocenters. The quantitative estimate of drug-likeness (QED) is 0.893. The second kappa shape index (κ2) is 6.87. The van der Waals surface area contributed by atoms with Crippen LogP contribution in [0.4, 0.5) is 0 Å². The Bertz CT molecular complexity index is 597. The molecular weight excluding hydrogens is 302 g/mol. The Morgan fingerprint density at radius 1 is 1.12 bits per heavy atom. The fourth-order valence-corrected chi connectivity index (χ4v) is 5.08. The van der Waals surface area contributed by atoms with Gasteiger partial charge in [-0.1, -0.05) is 12.8 Å². The van der Waals surface area contributed by atoms with E-state index in [0.717, 1.165) is 57.2 Å². The van der Waals surface area contributed by atoms with Crippen molar-refractivity contribution in [1.29, 1.82) is 0 Å². The average molecular weight is 331 g/mol. The minimum Gasteiger partial charge on any atom is -0.393 e. The van der Waals surface area contributed by atoms with Gasteiger partial charge in [-0.15, -0.1) is 0 Å². The van der Waals surface area contributed by atoms with Gasteiger partial charge in [-0.2, -0.15) is 5.10 Å². The van der Waals surface area contributed by atoms with Crippen LogP contribution in [0, 0.1) is 5.92 Å². The molecular formula is C19H29N3O2. The molecule has 3 aliphatic rings. The van der Waals surface area contributed by atoms with Crippen LogP contribution in [0.5, 0.6) is 0 Å². The molecule has 1 aliphatic heterocycles. The van der Waals surface area contributed by atoms with Gasteiger partial charge in [-0.05, 0) is 56.9 Å². The van der Waals surface area contributed by atoms with Crippen molar-refractivity contribution in [3.8, 4) is 0 Å². The summed E-state index contributed by atoms with van der Waals surface area (Å²) in [4.78, 5) is 15.0. The SMILES string of the molecule is O=C(Cc1n[nH]c2c1CCCC2)N1CCCC1C1CCCCC1O. The molecule has 1 saturated heterocycles. The molecule has 5 heteroatoms. The highest BCUT2D eigenvalue weighted by atomic mass is 16.3. The van der Waals surface area contributed by atoms with Crippen LogP contribution >= 0.6 is 0 Å². The highest BCUT2D eigenvalue weighted by Gasteiger charge is 2.39. The number of hydrogen-bond acceptors (Lipinski definition) is 3. The van der Waals surface area contributed by atoms with E-state index in [-0.39, 0.29) is 24.0 Å². The number of hydrogen-bond donors (Lipinski definition) is 2. The Balaban J connectivity index is 1.46. The normalized spacial score (nSPS) is 30.4. The highest BCUT2D eigenvalue weighted by molar-refractivity contribution is 5.79. The van der Waals surface area contributed by atoms with E-state index in [1.807, 2.05) is 0 Å². The maximum atomic E-state index is 12.9. The number of H-pyrrole nitrogens is 1. The van der Waals surface area contributed by atoms with Crippen molar-refractivity contribution in [2.24, 2.45) is 5.92 Å². The molecule has 24 heavy (non-hydrogen) atoms. The third kappa shape index (κ3) is 2.99. The summed E-state index contributed by atoms with van der Waals surface area (Å²) in [7, 11) is 0. The van der Waals surface area contributed by atoms with Gasteiger partial charge in [0.1, 0.15) is 0 Å². The zero-order valence-electron chi connectivity index (χ0n) is 14.5. The molecule has 2 aliphatic carbocycles. The standard InChI is InChI=1S/C19H29N3O2/c23-18-10-4-2-7-14(18)17-9-5-11-22(17)19(24)12-16-13-6-1-3-8-15(13)20-21-16/h14,17-18,23H,1-12H2,(H,20,21). The van der Waals surface area contributed by atoms with Crippen molar-refractivity contribution in [3.63, 3.8) is 0 Å². The molecule has 5 nitrogen and oxygen atoms in total. The largest absolute Gasteiger partial charge is 0.393 e. The van der Waals surface area contributed by atoms with Crippen LogP contribution in [-0.2, 0) is 24.1 Å². The molecule has 0 radical (unpaired) electrons. The summed E-state index contributed by atoms with van der Waals surface area (Å²) in [5, 5.41) is 18.0. The summed E-state index contributed by atoms with van der Waals surface area (Å²) in [6.45, 7) is 0.847. The fraction of sp³-hybridized carbons (Fsp3) is 0.789. The van der Waals surface area contributed by atoms with Gasteiger partial charge in [0.2, 0.25) is 5.91 Å². The lowest BCUT2D eigenvalue weighted by Gasteiger charge is -2.37. The molecule has 1 aromatic heterocycles. The van der Waals surface area contributed by atoms with E-state index in [4.69, 9.17) is 0 Å². The predicted molar refractivity (Wildman–Crippen MR) is 91.6 cm³/mol. The Morgan fingerprint density at radius 2 is 1.96 bits per heavy atom. The zero-order valence-corrected chi connectivity index (χ0v) is 14.5. The van der Waals surface area contributed by atoms with E-state index < -0.39 is 0 Å². The van der Waals surface area contributed by atoms with E-state index in [1.54, 1.807) is 0 Å². The highest BCUT2D eigenvalue weighted by Crippen LogP contribution is 2.35. The molecule has 0 spiro atoms. The van der Waals surface area contributed by atoms with Crippen molar-refractivity contribution < 1.29 is 9.90 Å². The monoisotopic (exact) mass is 331 g/mol. The van der Waals surface area contributed by atoms with Gasteiger partial charge < -0.3 is 10.0 Å². The summed E-state index contributed by atoms with van der Waals surface area (Å²) in [5.74, 6) is 0.480. The van der Waals surface area contributed by atoms with E-state index in [9.17, 15) is 9.90 Å². The third-order valence-corrected chi connectivity index (χ3v) is 6.36. The lowest BCUT2D eigenvalue weighted by molar-refractivity contribution is -0.133. The number of fused-ring (bicyclic) bond motifs is 1. The van der Waals surface area contributed by atoms with Crippen LogP contribution < -0.4 is 0 Å². The van der Waals surface area contributed by atoms with Gasteiger partial charge in [0, 0.05) is 24.2 Å². The van der Waals surface area contributed by atoms with Gasteiger partial charge in [-0.3, -0.25) is 9.89 Å². The van der Waals surface area contributed by atoms with Crippen LogP contribution in [0.1, 0.15) is 68.3 Å². The number of rotatable bonds is 3. The maximum absolute atomic E-state index is 12.9. The Kier molecular flexibility index (Phi) is 4.61. The molecule has 132 valence electrons. The van der Waals surface area contributed by atoms with Crippen molar-refractivity contribution in [2.45, 2.75) is 82.8 Å². The molecule has 4 rings (SSSR count). The van der Waals surface area contributed by atoms with Gasteiger partial charge in [0.15, 0.2) is 0 Å². The number of aliphatic hydroxyl groups excluding tert-OH is 1. The second-order valence-electron chi connectivity index (χ2n) is 7.82.